The minimum atomic E-state index is 0.577. The van der Waals surface area contributed by atoms with Gasteiger partial charge in [-0.05, 0) is 41.8 Å². The van der Waals surface area contributed by atoms with E-state index in [2.05, 4.69) is 19.1 Å². The predicted octanol–water partition coefficient (Wildman–Crippen LogP) is 3.80. The van der Waals surface area contributed by atoms with E-state index in [1.54, 1.807) is 0 Å². The van der Waals surface area contributed by atoms with E-state index in [1.807, 2.05) is 36.4 Å². The quantitative estimate of drug-likeness (QED) is 0.808. The van der Waals surface area contributed by atoms with Gasteiger partial charge in [-0.25, -0.2) is 0 Å². The number of hydrogen-bond donors (Lipinski definition) is 1. The van der Waals surface area contributed by atoms with Gasteiger partial charge in [0.05, 0.1) is 0 Å². The summed E-state index contributed by atoms with van der Waals surface area (Å²) in [6, 6.07) is 16.1. The van der Waals surface area contributed by atoms with E-state index in [0.29, 0.717) is 6.61 Å². The number of ether oxygens (including phenoxy) is 1. The fraction of sp³-hybridized carbons (Fsp3) is 0.250. The number of aryl methyl sites for hydroxylation is 1. The second-order valence-corrected chi connectivity index (χ2v) is 4.42. The Hall–Kier alpha value is -1.96. The van der Waals surface area contributed by atoms with E-state index in [9.17, 15) is 0 Å². The molecule has 2 heteroatoms. The van der Waals surface area contributed by atoms with Crippen molar-refractivity contribution in [3.05, 3.63) is 59.7 Å². The standard InChI is InChI=1S/C16H19NO/c1-2-3-13-6-10-16(11-7-13)18-12-14-4-8-15(17)9-5-14/h4-11H,2-3,12,17H2,1H3. The Bertz CT molecular complexity index is 473. The predicted molar refractivity (Wildman–Crippen MR) is 75.6 cm³/mol. The van der Waals surface area contributed by atoms with Crippen LogP contribution < -0.4 is 10.5 Å². The first-order valence-electron chi connectivity index (χ1n) is 6.34. The van der Waals surface area contributed by atoms with Crippen LogP contribution in [0.15, 0.2) is 48.5 Å². The van der Waals surface area contributed by atoms with Gasteiger partial charge in [-0.1, -0.05) is 37.6 Å². The first-order chi connectivity index (χ1) is 8.78. The third-order valence-corrected chi connectivity index (χ3v) is 2.85. The van der Waals surface area contributed by atoms with Crippen molar-refractivity contribution in [1.82, 2.24) is 0 Å². The van der Waals surface area contributed by atoms with Crippen molar-refractivity contribution in [2.45, 2.75) is 26.4 Å². The molecule has 2 rings (SSSR count). The van der Waals surface area contributed by atoms with E-state index >= 15 is 0 Å². The summed E-state index contributed by atoms with van der Waals surface area (Å²) in [6.45, 7) is 2.76. The zero-order valence-electron chi connectivity index (χ0n) is 10.7. The second-order valence-electron chi connectivity index (χ2n) is 4.42. The van der Waals surface area contributed by atoms with E-state index in [0.717, 1.165) is 23.4 Å². The van der Waals surface area contributed by atoms with Crippen LogP contribution in [0, 0.1) is 0 Å². The van der Waals surface area contributed by atoms with Gasteiger partial charge in [0.15, 0.2) is 0 Å². The summed E-state index contributed by atoms with van der Waals surface area (Å²) in [7, 11) is 0. The van der Waals surface area contributed by atoms with Gasteiger partial charge in [0.1, 0.15) is 12.4 Å². The van der Waals surface area contributed by atoms with Crippen LogP contribution in [0.3, 0.4) is 0 Å². The Morgan fingerprint density at radius 1 is 0.889 bits per heavy atom. The molecule has 0 radical (unpaired) electrons. The highest BCUT2D eigenvalue weighted by Gasteiger charge is 1.97. The number of rotatable bonds is 5. The summed E-state index contributed by atoms with van der Waals surface area (Å²) >= 11 is 0. The van der Waals surface area contributed by atoms with Gasteiger partial charge in [-0.2, -0.15) is 0 Å². The molecule has 0 spiro atoms. The molecule has 0 aromatic heterocycles. The van der Waals surface area contributed by atoms with E-state index in [4.69, 9.17) is 10.5 Å². The minimum absolute atomic E-state index is 0.577. The van der Waals surface area contributed by atoms with Crippen LogP contribution in [0.4, 0.5) is 5.69 Å². The molecule has 0 atom stereocenters. The number of hydrogen-bond acceptors (Lipinski definition) is 2. The average molecular weight is 241 g/mol. The highest BCUT2D eigenvalue weighted by Crippen LogP contribution is 2.15. The molecular formula is C16H19NO. The molecule has 0 amide bonds. The highest BCUT2D eigenvalue weighted by molar-refractivity contribution is 5.39. The topological polar surface area (TPSA) is 35.2 Å². The number of nitrogens with two attached hydrogens (primary N) is 1. The van der Waals surface area contributed by atoms with Crippen molar-refractivity contribution in [3.63, 3.8) is 0 Å². The molecule has 0 bridgehead atoms. The molecule has 0 aliphatic heterocycles. The largest absolute Gasteiger partial charge is 0.489 e. The fourth-order valence-corrected chi connectivity index (χ4v) is 1.82. The summed E-state index contributed by atoms with van der Waals surface area (Å²) in [6.07, 6.45) is 2.30. The number of nitrogen functional groups attached to an aromatic ring is 1. The zero-order chi connectivity index (χ0) is 12.8. The Morgan fingerprint density at radius 2 is 1.50 bits per heavy atom. The Morgan fingerprint density at radius 3 is 2.11 bits per heavy atom. The molecule has 0 saturated heterocycles. The van der Waals surface area contributed by atoms with Crippen LogP contribution in [0.2, 0.25) is 0 Å². The first-order valence-corrected chi connectivity index (χ1v) is 6.34. The molecule has 0 unspecified atom stereocenters. The van der Waals surface area contributed by atoms with Crippen LogP contribution in [0.1, 0.15) is 24.5 Å². The van der Waals surface area contributed by atoms with Crippen LogP contribution >= 0.6 is 0 Å². The molecule has 94 valence electrons. The lowest BCUT2D eigenvalue weighted by Crippen LogP contribution is -1.96. The SMILES string of the molecule is CCCc1ccc(OCc2ccc(N)cc2)cc1. The lowest BCUT2D eigenvalue weighted by Gasteiger charge is -2.07. The first kappa shape index (κ1) is 12.5. The molecule has 18 heavy (non-hydrogen) atoms. The Balaban J connectivity index is 1.91. The summed E-state index contributed by atoms with van der Waals surface area (Å²) < 4.78 is 5.72. The van der Waals surface area contributed by atoms with Crippen molar-refractivity contribution < 1.29 is 4.74 Å². The smallest absolute Gasteiger partial charge is 0.119 e. The van der Waals surface area contributed by atoms with Gasteiger partial charge in [-0.3, -0.25) is 0 Å². The van der Waals surface area contributed by atoms with Gasteiger partial charge >= 0.3 is 0 Å². The average Bonchev–Trinajstić information content (AvgIpc) is 2.40. The molecule has 2 N–H and O–H groups in total. The van der Waals surface area contributed by atoms with Gasteiger partial charge in [0, 0.05) is 5.69 Å². The van der Waals surface area contributed by atoms with E-state index in [1.165, 1.54) is 12.0 Å². The molecule has 2 nitrogen and oxygen atoms in total. The maximum Gasteiger partial charge on any atom is 0.119 e. The van der Waals surface area contributed by atoms with Crippen molar-refractivity contribution in [3.8, 4) is 5.75 Å². The third kappa shape index (κ3) is 3.52. The normalized spacial score (nSPS) is 10.3. The summed E-state index contributed by atoms with van der Waals surface area (Å²) in [5.74, 6) is 0.909. The molecule has 0 fully saturated rings. The van der Waals surface area contributed by atoms with E-state index in [-0.39, 0.29) is 0 Å². The van der Waals surface area contributed by atoms with Gasteiger partial charge in [0.2, 0.25) is 0 Å². The van der Waals surface area contributed by atoms with Crippen LogP contribution in [-0.2, 0) is 13.0 Å². The van der Waals surface area contributed by atoms with Gasteiger partial charge in [-0.15, -0.1) is 0 Å². The molecule has 0 aliphatic rings. The lowest BCUT2D eigenvalue weighted by molar-refractivity contribution is 0.306. The van der Waals surface area contributed by atoms with Crippen molar-refractivity contribution in [2.75, 3.05) is 5.73 Å². The summed E-state index contributed by atoms with van der Waals surface area (Å²) in [5, 5.41) is 0. The fourth-order valence-electron chi connectivity index (χ4n) is 1.82. The molecular weight excluding hydrogens is 222 g/mol. The Labute approximate surface area is 108 Å². The van der Waals surface area contributed by atoms with E-state index < -0.39 is 0 Å². The monoisotopic (exact) mass is 241 g/mol. The maximum atomic E-state index is 5.72. The summed E-state index contributed by atoms with van der Waals surface area (Å²) in [5.41, 5.74) is 8.90. The zero-order valence-corrected chi connectivity index (χ0v) is 10.7. The minimum Gasteiger partial charge on any atom is -0.489 e. The third-order valence-electron chi connectivity index (χ3n) is 2.85. The van der Waals surface area contributed by atoms with Crippen molar-refractivity contribution in [2.24, 2.45) is 0 Å². The maximum absolute atomic E-state index is 5.72. The van der Waals surface area contributed by atoms with Crippen molar-refractivity contribution in [1.29, 1.82) is 0 Å². The van der Waals surface area contributed by atoms with Gasteiger partial charge in [0.25, 0.3) is 0 Å². The molecule has 0 heterocycles. The molecule has 2 aromatic rings. The molecule has 2 aromatic carbocycles. The number of benzene rings is 2. The second kappa shape index (κ2) is 6.10. The molecule has 0 aliphatic carbocycles. The summed E-state index contributed by atoms with van der Waals surface area (Å²) in [4.78, 5) is 0. The van der Waals surface area contributed by atoms with Crippen molar-refractivity contribution >= 4 is 5.69 Å². The van der Waals surface area contributed by atoms with Gasteiger partial charge < -0.3 is 10.5 Å². The van der Waals surface area contributed by atoms with Crippen LogP contribution in [0.25, 0.3) is 0 Å². The van der Waals surface area contributed by atoms with Crippen LogP contribution in [-0.4, -0.2) is 0 Å². The highest BCUT2D eigenvalue weighted by atomic mass is 16.5. The molecule has 0 saturated carbocycles. The Kier molecular flexibility index (Phi) is 4.24. The lowest BCUT2D eigenvalue weighted by atomic mass is 10.1. The van der Waals surface area contributed by atoms with Crippen LogP contribution in [0.5, 0.6) is 5.75 Å². The number of anilines is 1.